The minimum absolute atomic E-state index is 0.339. The van der Waals surface area contributed by atoms with E-state index < -0.39 is 0 Å². The average Bonchev–Trinajstić information content (AvgIpc) is 2.73. The van der Waals surface area contributed by atoms with E-state index in [1.165, 1.54) is 5.57 Å². The van der Waals surface area contributed by atoms with Crippen molar-refractivity contribution in [1.29, 1.82) is 0 Å². The Morgan fingerprint density at radius 3 is 2.86 bits per heavy atom. The first-order valence-corrected chi connectivity index (χ1v) is 4.46. The third-order valence-corrected chi connectivity index (χ3v) is 2.21. The van der Waals surface area contributed by atoms with Gasteiger partial charge in [-0.3, -0.25) is 0 Å². The Hall–Kier alpha value is -1.78. The zero-order chi connectivity index (χ0) is 10.1. The predicted molar refractivity (Wildman–Crippen MR) is 55.7 cm³/mol. The largest absolute Gasteiger partial charge is 0.368 e. The molecular weight excluding hydrogens is 178 g/mol. The number of nitrogens with zero attached hydrogens (tertiary/aromatic N) is 3. The lowest BCUT2D eigenvalue weighted by molar-refractivity contribution is 1.01. The van der Waals surface area contributed by atoms with E-state index in [9.17, 15) is 0 Å². The Bertz CT molecular complexity index is 401. The SMILES string of the molecule is CC1=CC(N(C)c2n[nH]c(N)n2)=CC1. The van der Waals surface area contributed by atoms with Gasteiger partial charge in [0.25, 0.3) is 5.95 Å². The molecule has 0 aliphatic heterocycles. The fourth-order valence-corrected chi connectivity index (χ4v) is 1.40. The zero-order valence-electron chi connectivity index (χ0n) is 8.28. The minimum atomic E-state index is 0.339. The van der Waals surface area contributed by atoms with Gasteiger partial charge >= 0.3 is 0 Å². The quantitative estimate of drug-likeness (QED) is 0.733. The molecule has 1 heterocycles. The van der Waals surface area contributed by atoms with E-state index in [2.05, 4.69) is 34.3 Å². The van der Waals surface area contributed by atoms with Gasteiger partial charge in [-0.05, 0) is 19.4 Å². The van der Waals surface area contributed by atoms with Crippen molar-refractivity contribution in [2.45, 2.75) is 13.3 Å². The van der Waals surface area contributed by atoms with Crippen LogP contribution in [0.1, 0.15) is 13.3 Å². The summed E-state index contributed by atoms with van der Waals surface area (Å²) in [7, 11) is 1.92. The second kappa shape index (κ2) is 3.17. The summed E-state index contributed by atoms with van der Waals surface area (Å²) in [5.74, 6) is 0.936. The highest BCUT2D eigenvalue weighted by Crippen LogP contribution is 2.21. The summed E-state index contributed by atoms with van der Waals surface area (Å²) in [5.41, 5.74) is 7.91. The second-order valence-corrected chi connectivity index (χ2v) is 3.40. The molecule has 0 aromatic carbocycles. The molecule has 3 N–H and O–H groups in total. The summed E-state index contributed by atoms with van der Waals surface area (Å²) in [6.45, 7) is 2.10. The van der Waals surface area contributed by atoms with Crippen LogP contribution < -0.4 is 10.6 Å². The molecule has 2 rings (SSSR count). The highest BCUT2D eigenvalue weighted by atomic mass is 15.4. The summed E-state index contributed by atoms with van der Waals surface area (Å²) in [5, 5.41) is 6.59. The number of anilines is 2. The first-order valence-electron chi connectivity index (χ1n) is 4.46. The van der Waals surface area contributed by atoms with Crippen LogP contribution in [0.25, 0.3) is 0 Å². The smallest absolute Gasteiger partial charge is 0.250 e. The molecule has 1 aromatic rings. The lowest BCUT2D eigenvalue weighted by Crippen LogP contribution is -2.15. The van der Waals surface area contributed by atoms with E-state index >= 15 is 0 Å². The third kappa shape index (κ3) is 1.48. The Balaban J connectivity index is 2.21. The summed E-state index contributed by atoms with van der Waals surface area (Å²) in [6, 6.07) is 0. The summed E-state index contributed by atoms with van der Waals surface area (Å²) in [4.78, 5) is 5.95. The maximum Gasteiger partial charge on any atom is 0.250 e. The van der Waals surface area contributed by atoms with Gasteiger partial charge in [-0.2, -0.15) is 4.98 Å². The number of hydrogen-bond donors (Lipinski definition) is 2. The molecule has 0 atom stereocenters. The topological polar surface area (TPSA) is 70.8 Å². The van der Waals surface area contributed by atoms with E-state index in [-0.39, 0.29) is 0 Å². The van der Waals surface area contributed by atoms with E-state index in [1.807, 2.05) is 11.9 Å². The number of allylic oxidation sites excluding steroid dienone is 3. The molecule has 1 aliphatic rings. The van der Waals surface area contributed by atoms with Gasteiger partial charge in [0.2, 0.25) is 5.95 Å². The number of rotatable bonds is 2. The number of H-pyrrole nitrogens is 1. The van der Waals surface area contributed by atoms with Crippen molar-refractivity contribution in [1.82, 2.24) is 15.2 Å². The average molecular weight is 191 g/mol. The lowest BCUT2D eigenvalue weighted by atomic mass is 10.3. The molecular formula is C9H13N5. The molecule has 0 unspecified atom stereocenters. The van der Waals surface area contributed by atoms with Crippen LogP contribution in [0.3, 0.4) is 0 Å². The highest BCUT2D eigenvalue weighted by molar-refractivity contribution is 5.48. The summed E-state index contributed by atoms with van der Waals surface area (Å²) >= 11 is 0. The van der Waals surface area contributed by atoms with Gasteiger partial charge in [0.1, 0.15) is 0 Å². The number of nitrogens with two attached hydrogens (primary N) is 1. The van der Waals surface area contributed by atoms with Gasteiger partial charge in [0.05, 0.1) is 0 Å². The number of aromatic nitrogens is 3. The molecule has 1 aromatic heterocycles. The van der Waals surface area contributed by atoms with Gasteiger partial charge in [-0.1, -0.05) is 11.6 Å². The fraction of sp³-hybridized carbons (Fsp3) is 0.333. The van der Waals surface area contributed by atoms with Gasteiger partial charge in [0.15, 0.2) is 0 Å². The van der Waals surface area contributed by atoms with Crippen LogP contribution in [0, 0.1) is 0 Å². The summed E-state index contributed by atoms with van der Waals surface area (Å²) in [6.07, 6.45) is 5.26. The van der Waals surface area contributed by atoms with Crippen LogP contribution in [0.15, 0.2) is 23.4 Å². The van der Waals surface area contributed by atoms with Gasteiger partial charge in [-0.25, -0.2) is 5.10 Å². The van der Waals surface area contributed by atoms with Crippen LogP contribution in [-0.2, 0) is 0 Å². The molecule has 0 radical (unpaired) electrons. The Morgan fingerprint density at radius 2 is 2.36 bits per heavy atom. The summed E-state index contributed by atoms with van der Waals surface area (Å²) < 4.78 is 0. The molecule has 0 saturated heterocycles. The van der Waals surface area contributed by atoms with Gasteiger partial charge in [0, 0.05) is 12.7 Å². The van der Waals surface area contributed by atoms with Crippen LogP contribution >= 0.6 is 0 Å². The van der Waals surface area contributed by atoms with Gasteiger partial charge < -0.3 is 10.6 Å². The molecule has 0 amide bonds. The number of hydrogen-bond acceptors (Lipinski definition) is 4. The zero-order valence-corrected chi connectivity index (χ0v) is 8.28. The van der Waals surface area contributed by atoms with Crippen molar-refractivity contribution in [2.75, 3.05) is 17.7 Å². The van der Waals surface area contributed by atoms with Crippen LogP contribution in [0.5, 0.6) is 0 Å². The molecule has 1 aliphatic carbocycles. The minimum Gasteiger partial charge on any atom is -0.368 e. The Labute approximate surface area is 82.3 Å². The van der Waals surface area contributed by atoms with Crippen molar-refractivity contribution in [3.63, 3.8) is 0 Å². The van der Waals surface area contributed by atoms with E-state index in [4.69, 9.17) is 5.73 Å². The van der Waals surface area contributed by atoms with Crippen LogP contribution in [0.2, 0.25) is 0 Å². The van der Waals surface area contributed by atoms with Crippen molar-refractivity contribution in [2.24, 2.45) is 0 Å². The molecule has 5 heteroatoms. The maximum absolute atomic E-state index is 5.45. The van der Waals surface area contributed by atoms with E-state index in [1.54, 1.807) is 0 Å². The van der Waals surface area contributed by atoms with Crippen molar-refractivity contribution < 1.29 is 0 Å². The van der Waals surface area contributed by atoms with Gasteiger partial charge in [-0.15, -0.1) is 5.10 Å². The number of likely N-dealkylation sites (N-methyl/N-ethyl adjacent to an activating group) is 1. The number of nitrogens with one attached hydrogen (secondary N) is 1. The second-order valence-electron chi connectivity index (χ2n) is 3.40. The molecule has 74 valence electrons. The van der Waals surface area contributed by atoms with Crippen LogP contribution in [0.4, 0.5) is 11.9 Å². The van der Waals surface area contributed by atoms with E-state index in [0.717, 1.165) is 12.1 Å². The standard InChI is InChI=1S/C9H13N5/c1-6-3-4-7(5-6)14(2)9-11-8(10)12-13-9/h4-5H,3H2,1-2H3,(H3,10,11,12,13). The Kier molecular flexibility index (Phi) is 1.99. The molecule has 5 nitrogen and oxygen atoms in total. The molecule has 0 spiro atoms. The fourth-order valence-electron chi connectivity index (χ4n) is 1.40. The lowest BCUT2D eigenvalue weighted by Gasteiger charge is -2.13. The predicted octanol–water partition coefficient (Wildman–Crippen LogP) is 1.06. The normalized spacial score (nSPS) is 15.3. The maximum atomic E-state index is 5.45. The number of aromatic amines is 1. The van der Waals surface area contributed by atoms with Crippen molar-refractivity contribution in [3.8, 4) is 0 Å². The van der Waals surface area contributed by atoms with Crippen LogP contribution in [-0.4, -0.2) is 22.2 Å². The molecule has 0 fully saturated rings. The molecule has 0 bridgehead atoms. The molecule has 0 saturated carbocycles. The van der Waals surface area contributed by atoms with Crippen molar-refractivity contribution >= 4 is 11.9 Å². The first kappa shape index (κ1) is 8.80. The highest BCUT2D eigenvalue weighted by Gasteiger charge is 2.12. The monoisotopic (exact) mass is 191 g/mol. The van der Waals surface area contributed by atoms with Crippen molar-refractivity contribution in [3.05, 3.63) is 23.4 Å². The molecule has 14 heavy (non-hydrogen) atoms. The third-order valence-electron chi connectivity index (χ3n) is 2.21. The Morgan fingerprint density at radius 1 is 1.57 bits per heavy atom. The number of nitrogen functional groups attached to an aromatic ring is 1. The first-order chi connectivity index (χ1) is 6.66. The van der Waals surface area contributed by atoms with E-state index in [0.29, 0.717) is 11.9 Å².